The molecule has 0 spiro atoms. The summed E-state index contributed by atoms with van der Waals surface area (Å²) < 4.78 is 0. The Bertz CT molecular complexity index is 307. The highest BCUT2D eigenvalue weighted by Crippen LogP contribution is 2.10. The fraction of sp³-hybridized carbons (Fsp3) is 0.643. The molecular formula is C14H23N3. The third-order valence-electron chi connectivity index (χ3n) is 3.48. The maximum absolute atomic E-state index is 4.15. The Kier molecular flexibility index (Phi) is 4.95. The number of pyridine rings is 1. The van der Waals surface area contributed by atoms with Crippen molar-refractivity contribution in [3.05, 3.63) is 30.1 Å². The quantitative estimate of drug-likeness (QED) is 0.764. The monoisotopic (exact) mass is 233 g/mol. The summed E-state index contributed by atoms with van der Waals surface area (Å²) in [5, 5.41) is 3.56. The summed E-state index contributed by atoms with van der Waals surface area (Å²) in [6.45, 7) is 7.14. The largest absolute Gasteiger partial charge is 0.310 e. The third-order valence-corrected chi connectivity index (χ3v) is 3.48. The van der Waals surface area contributed by atoms with E-state index >= 15 is 0 Å². The maximum atomic E-state index is 4.15. The molecular weight excluding hydrogens is 210 g/mol. The van der Waals surface area contributed by atoms with E-state index in [1.165, 1.54) is 44.5 Å². The summed E-state index contributed by atoms with van der Waals surface area (Å²) in [7, 11) is 0. The zero-order valence-electron chi connectivity index (χ0n) is 10.7. The molecule has 1 aliphatic rings. The van der Waals surface area contributed by atoms with Crippen LogP contribution >= 0.6 is 0 Å². The summed E-state index contributed by atoms with van der Waals surface area (Å²) in [5.41, 5.74) is 1.27. The molecule has 3 heteroatoms. The van der Waals surface area contributed by atoms with Crippen molar-refractivity contribution in [1.82, 2.24) is 15.2 Å². The van der Waals surface area contributed by atoms with Gasteiger partial charge in [0, 0.05) is 18.4 Å². The van der Waals surface area contributed by atoms with E-state index in [0.717, 1.165) is 6.54 Å². The standard InChI is InChI=1S/C14H23N3/c1-13(14-6-4-7-15-12-14)16-8-5-11-17-9-2-3-10-17/h4,6-7,12-13,16H,2-3,5,8-11H2,1H3. The topological polar surface area (TPSA) is 28.2 Å². The Morgan fingerprint density at radius 2 is 2.24 bits per heavy atom. The summed E-state index contributed by atoms with van der Waals surface area (Å²) in [4.78, 5) is 6.71. The molecule has 1 atom stereocenters. The van der Waals surface area contributed by atoms with E-state index in [-0.39, 0.29) is 0 Å². The summed E-state index contributed by atoms with van der Waals surface area (Å²) in [6.07, 6.45) is 7.78. The number of nitrogens with one attached hydrogen (secondary N) is 1. The second-order valence-electron chi connectivity index (χ2n) is 4.86. The highest BCUT2D eigenvalue weighted by Gasteiger charge is 2.10. The molecule has 1 aromatic rings. The molecule has 0 aromatic carbocycles. The van der Waals surface area contributed by atoms with Crippen LogP contribution in [0.1, 0.15) is 37.8 Å². The van der Waals surface area contributed by atoms with Gasteiger partial charge in [-0.1, -0.05) is 6.07 Å². The lowest BCUT2D eigenvalue weighted by Gasteiger charge is -2.17. The number of aromatic nitrogens is 1. The lowest BCUT2D eigenvalue weighted by atomic mass is 10.1. The molecule has 2 heterocycles. The second kappa shape index (κ2) is 6.72. The zero-order chi connectivity index (χ0) is 11.9. The number of hydrogen-bond acceptors (Lipinski definition) is 3. The zero-order valence-corrected chi connectivity index (χ0v) is 10.7. The molecule has 1 saturated heterocycles. The minimum atomic E-state index is 0.405. The SMILES string of the molecule is CC(NCCCN1CCCC1)c1cccnc1. The number of nitrogens with zero attached hydrogens (tertiary/aromatic N) is 2. The van der Waals surface area contributed by atoms with Crippen LogP contribution in [-0.2, 0) is 0 Å². The Balaban J connectivity index is 1.61. The van der Waals surface area contributed by atoms with Crippen LogP contribution in [0.3, 0.4) is 0 Å². The molecule has 0 aliphatic carbocycles. The van der Waals surface area contributed by atoms with Crippen LogP contribution in [0.4, 0.5) is 0 Å². The average Bonchev–Trinajstić information content (AvgIpc) is 2.88. The molecule has 94 valence electrons. The third kappa shape index (κ3) is 4.10. The van der Waals surface area contributed by atoms with Crippen molar-refractivity contribution < 1.29 is 0 Å². The van der Waals surface area contributed by atoms with Gasteiger partial charge in [-0.2, -0.15) is 0 Å². The molecule has 1 aliphatic heterocycles. The number of hydrogen-bond donors (Lipinski definition) is 1. The van der Waals surface area contributed by atoms with Crippen LogP contribution in [0.5, 0.6) is 0 Å². The molecule has 0 radical (unpaired) electrons. The lowest BCUT2D eigenvalue weighted by molar-refractivity contribution is 0.328. The van der Waals surface area contributed by atoms with Crippen LogP contribution in [0.2, 0.25) is 0 Å². The minimum absolute atomic E-state index is 0.405. The van der Waals surface area contributed by atoms with Crippen molar-refractivity contribution >= 4 is 0 Å². The van der Waals surface area contributed by atoms with Gasteiger partial charge >= 0.3 is 0 Å². The molecule has 0 bridgehead atoms. The predicted octanol–water partition coefficient (Wildman–Crippen LogP) is 2.22. The van der Waals surface area contributed by atoms with Crippen LogP contribution in [0.15, 0.2) is 24.5 Å². The van der Waals surface area contributed by atoms with Crippen LogP contribution in [0.25, 0.3) is 0 Å². The van der Waals surface area contributed by atoms with Gasteiger partial charge < -0.3 is 10.2 Å². The van der Waals surface area contributed by atoms with Gasteiger partial charge in [0.15, 0.2) is 0 Å². The fourth-order valence-corrected chi connectivity index (χ4v) is 2.38. The van der Waals surface area contributed by atoms with Crippen molar-refractivity contribution in [2.45, 2.75) is 32.2 Å². The van der Waals surface area contributed by atoms with Gasteiger partial charge in [0.05, 0.1) is 0 Å². The smallest absolute Gasteiger partial charge is 0.0315 e. The van der Waals surface area contributed by atoms with Crippen molar-refractivity contribution in [3.63, 3.8) is 0 Å². The van der Waals surface area contributed by atoms with E-state index in [9.17, 15) is 0 Å². The van der Waals surface area contributed by atoms with E-state index in [4.69, 9.17) is 0 Å². The van der Waals surface area contributed by atoms with E-state index in [0.29, 0.717) is 6.04 Å². The van der Waals surface area contributed by atoms with E-state index in [2.05, 4.69) is 28.2 Å². The van der Waals surface area contributed by atoms with Crippen molar-refractivity contribution in [2.24, 2.45) is 0 Å². The molecule has 0 amide bonds. The first-order chi connectivity index (χ1) is 8.36. The van der Waals surface area contributed by atoms with Crippen LogP contribution in [0, 0.1) is 0 Å². The van der Waals surface area contributed by atoms with Gasteiger partial charge in [0.25, 0.3) is 0 Å². The van der Waals surface area contributed by atoms with Gasteiger partial charge in [0.1, 0.15) is 0 Å². The fourth-order valence-electron chi connectivity index (χ4n) is 2.38. The molecule has 3 nitrogen and oxygen atoms in total. The minimum Gasteiger partial charge on any atom is -0.310 e. The molecule has 0 saturated carbocycles. The summed E-state index contributed by atoms with van der Waals surface area (Å²) >= 11 is 0. The number of rotatable bonds is 6. The van der Waals surface area contributed by atoms with Gasteiger partial charge in [0.2, 0.25) is 0 Å². The predicted molar refractivity (Wildman–Crippen MR) is 70.9 cm³/mol. The Hall–Kier alpha value is -0.930. The molecule has 1 fully saturated rings. The van der Waals surface area contributed by atoms with Crippen LogP contribution < -0.4 is 5.32 Å². The first kappa shape index (κ1) is 12.5. The van der Waals surface area contributed by atoms with Crippen molar-refractivity contribution in [3.8, 4) is 0 Å². The van der Waals surface area contributed by atoms with Crippen molar-refractivity contribution in [1.29, 1.82) is 0 Å². The van der Waals surface area contributed by atoms with Gasteiger partial charge in [-0.25, -0.2) is 0 Å². The average molecular weight is 233 g/mol. The molecule has 1 aromatic heterocycles. The summed E-state index contributed by atoms with van der Waals surface area (Å²) in [5.74, 6) is 0. The second-order valence-corrected chi connectivity index (χ2v) is 4.86. The Morgan fingerprint density at radius 3 is 2.94 bits per heavy atom. The Morgan fingerprint density at radius 1 is 1.41 bits per heavy atom. The van der Waals surface area contributed by atoms with E-state index in [1.54, 1.807) is 0 Å². The van der Waals surface area contributed by atoms with Crippen molar-refractivity contribution in [2.75, 3.05) is 26.2 Å². The van der Waals surface area contributed by atoms with E-state index in [1.807, 2.05) is 18.5 Å². The first-order valence-corrected chi connectivity index (χ1v) is 6.72. The van der Waals surface area contributed by atoms with Gasteiger partial charge in [-0.3, -0.25) is 4.98 Å². The van der Waals surface area contributed by atoms with Crippen LogP contribution in [-0.4, -0.2) is 36.1 Å². The summed E-state index contributed by atoms with van der Waals surface area (Å²) in [6, 6.07) is 4.53. The molecule has 2 rings (SSSR count). The Labute approximate surface area is 104 Å². The highest BCUT2D eigenvalue weighted by molar-refractivity contribution is 5.12. The van der Waals surface area contributed by atoms with E-state index < -0.39 is 0 Å². The van der Waals surface area contributed by atoms with Gasteiger partial charge in [-0.15, -0.1) is 0 Å². The highest BCUT2D eigenvalue weighted by atomic mass is 15.1. The normalized spacial score (nSPS) is 18.4. The molecule has 1 N–H and O–H groups in total. The maximum Gasteiger partial charge on any atom is 0.0315 e. The molecule has 1 unspecified atom stereocenters. The lowest BCUT2D eigenvalue weighted by Crippen LogP contribution is -2.26. The number of likely N-dealkylation sites (tertiary alicyclic amines) is 1. The van der Waals surface area contributed by atoms with Gasteiger partial charge in [-0.05, 0) is 64.0 Å². The molecule has 17 heavy (non-hydrogen) atoms. The first-order valence-electron chi connectivity index (χ1n) is 6.72.